The summed E-state index contributed by atoms with van der Waals surface area (Å²) < 4.78 is 27.4. The number of rotatable bonds is 7. The molecule has 0 N–H and O–H groups in total. The molecular formula is C31H43FN2O4Si. The number of amides is 1. The van der Waals surface area contributed by atoms with Gasteiger partial charge in [-0.15, -0.1) is 0 Å². The molecule has 6 nitrogen and oxygen atoms in total. The summed E-state index contributed by atoms with van der Waals surface area (Å²) in [6.07, 6.45) is 2.69. The van der Waals surface area contributed by atoms with Gasteiger partial charge in [-0.3, -0.25) is 4.79 Å². The third-order valence-corrected chi connectivity index (χ3v) is 13.2. The van der Waals surface area contributed by atoms with Crippen LogP contribution < -0.4 is 4.90 Å². The van der Waals surface area contributed by atoms with Crippen molar-refractivity contribution in [3.05, 3.63) is 65.5 Å². The molecule has 2 aromatic carbocycles. The van der Waals surface area contributed by atoms with Gasteiger partial charge in [0.15, 0.2) is 14.1 Å². The van der Waals surface area contributed by atoms with Gasteiger partial charge in [0.1, 0.15) is 6.10 Å². The summed E-state index contributed by atoms with van der Waals surface area (Å²) in [5, 5.41) is 0.0653. The fourth-order valence-electron chi connectivity index (χ4n) is 5.04. The molecule has 1 saturated carbocycles. The van der Waals surface area contributed by atoms with E-state index in [-0.39, 0.29) is 41.4 Å². The number of ether oxygens (including phenoxy) is 1. The quantitative estimate of drug-likeness (QED) is 0.292. The number of hydrogen-bond acceptors (Lipinski definition) is 5. The number of piperazine rings is 1. The zero-order valence-corrected chi connectivity index (χ0v) is 25.0. The molecule has 1 aliphatic heterocycles. The standard InChI is InChI=1S/C31H43FN2O4Si/c1-31(2,3)39(4,5)37-22-25-12-9-13-27(28(25)32)33-18-20-34(21-19-33)29(35)23-14-16-26(17-15-23)38-30(36)24-10-7-6-8-11-24/h6-13,23,26H,14-22H2,1-5H3/t23-,26-. The Hall–Kier alpha value is -2.71. The van der Waals surface area contributed by atoms with Crippen LogP contribution in [0.5, 0.6) is 0 Å². The molecular weight excluding hydrogens is 511 g/mol. The average molecular weight is 555 g/mol. The van der Waals surface area contributed by atoms with Gasteiger partial charge >= 0.3 is 5.97 Å². The molecule has 1 saturated heterocycles. The number of halogens is 1. The monoisotopic (exact) mass is 554 g/mol. The summed E-state index contributed by atoms with van der Waals surface area (Å²) in [6, 6.07) is 14.5. The van der Waals surface area contributed by atoms with Crippen molar-refractivity contribution in [3.8, 4) is 0 Å². The van der Waals surface area contributed by atoms with Crippen LogP contribution >= 0.6 is 0 Å². The van der Waals surface area contributed by atoms with E-state index in [1.807, 2.05) is 40.1 Å². The summed E-state index contributed by atoms with van der Waals surface area (Å²) in [5.41, 5.74) is 1.72. The van der Waals surface area contributed by atoms with Crippen LogP contribution in [-0.4, -0.2) is 57.4 Å². The number of esters is 1. The molecule has 2 fully saturated rings. The van der Waals surface area contributed by atoms with Crippen LogP contribution in [0, 0.1) is 11.7 Å². The van der Waals surface area contributed by atoms with Crippen LogP contribution in [0.4, 0.5) is 10.1 Å². The van der Waals surface area contributed by atoms with E-state index in [0.29, 0.717) is 55.8 Å². The van der Waals surface area contributed by atoms with Gasteiger partial charge in [0.05, 0.1) is 17.9 Å². The second-order valence-corrected chi connectivity index (χ2v) is 17.2. The molecule has 8 heteroatoms. The van der Waals surface area contributed by atoms with Gasteiger partial charge in [-0.05, 0) is 62.0 Å². The van der Waals surface area contributed by atoms with Crippen molar-refractivity contribution in [1.29, 1.82) is 0 Å². The van der Waals surface area contributed by atoms with Gasteiger partial charge in [-0.25, -0.2) is 9.18 Å². The minimum absolute atomic E-state index is 0.0456. The Morgan fingerprint density at radius 2 is 1.56 bits per heavy atom. The first kappa shape index (κ1) is 29.3. The Labute approximate surface area is 233 Å². The van der Waals surface area contributed by atoms with Gasteiger partial charge in [0, 0.05) is 37.7 Å². The van der Waals surface area contributed by atoms with Gasteiger partial charge in [-0.2, -0.15) is 0 Å². The van der Waals surface area contributed by atoms with E-state index >= 15 is 4.39 Å². The number of hydrogen-bond donors (Lipinski definition) is 0. The number of nitrogens with zero attached hydrogens (tertiary/aromatic N) is 2. The number of carbonyl (C=O) groups is 2. The van der Waals surface area contributed by atoms with E-state index in [0.717, 1.165) is 12.8 Å². The predicted octanol–water partition coefficient (Wildman–Crippen LogP) is 6.41. The molecule has 0 aromatic heterocycles. The SMILES string of the molecule is CC(C)(C)[Si](C)(C)OCc1cccc(N2CCN(C(=O)[C@H]3CC[C@H](OC(=O)c4ccccc4)CC3)CC2)c1F. The molecule has 0 spiro atoms. The van der Waals surface area contributed by atoms with Crippen LogP contribution in [0.2, 0.25) is 18.1 Å². The topological polar surface area (TPSA) is 59.1 Å². The normalized spacial score (nSPS) is 20.6. The van der Waals surface area contributed by atoms with E-state index in [4.69, 9.17) is 9.16 Å². The molecule has 212 valence electrons. The summed E-state index contributed by atoms with van der Waals surface area (Å²) >= 11 is 0. The van der Waals surface area contributed by atoms with E-state index in [1.54, 1.807) is 18.2 Å². The minimum Gasteiger partial charge on any atom is -0.459 e. The molecule has 39 heavy (non-hydrogen) atoms. The minimum atomic E-state index is -1.98. The molecule has 0 unspecified atom stereocenters. The second-order valence-electron chi connectivity index (χ2n) is 12.4. The van der Waals surface area contributed by atoms with Gasteiger partial charge in [0.2, 0.25) is 5.91 Å². The third-order valence-electron chi connectivity index (χ3n) is 8.69. The summed E-state index contributed by atoms with van der Waals surface area (Å²) in [7, 11) is -1.98. The van der Waals surface area contributed by atoms with Crippen LogP contribution in [0.3, 0.4) is 0 Å². The smallest absolute Gasteiger partial charge is 0.338 e. The lowest BCUT2D eigenvalue weighted by atomic mass is 9.86. The summed E-state index contributed by atoms with van der Waals surface area (Å²) in [5.74, 6) is -0.404. The van der Waals surface area contributed by atoms with Gasteiger partial charge < -0.3 is 19.0 Å². The molecule has 0 atom stereocenters. The molecule has 2 aliphatic rings. The molecule has 2 aromatic rings. The highest BCUT2D eigenvalue weighted by molar-refractivity contribution is 6.74. The van der Waals surface area contributed by atoms with E-state index < -0.39 is 8.32 Å². The Kier molecular flexibility index (Phi) is 9.17. The molecule has 4 rings (SSSR count). The second kappa shape index (κ2) is 12.2. The highest BCUT2D eigenvalue weighted by Gasteiger charge is 2.37. The van der Waals surface area contributed by atoms with E-state index in [2.05, 4.69) is 33.9 Å². The van der Waals surface area contributed by atoms with E-state index in [1.165, 1.54) is 0 Å². The van der Waals surface area contributed by atoms with Crippen LogP contribution in [0.1, 0.15) is 62.4 Å². The number of carbonyl (C=O) groups excluding carboxylic acids is 2. The lowest BCUT2D eigenvalue weighted by Crippen LogP contribution is -2.51. The van der Waals surface area contributed by atoms with Crippen molar-refractivity contribution < 1.29 is 23.1 Å². The van der Waals surface area contributed by atoms with Crippen molar-refractivity contribution in [2.24, 2.45) is 5.92 Å². The Bertz CT molecular complexity index is 1140. The van der Waals surface area contributed by atoms with Gasteiger partial charge in [0.25, 0.3) is 0 Å². The van der Waals surface area contributed by atoms with Crippen molar-refractivity contribution in [3.63, 3.8) is 0 Å². The average Bonchev–Trinajstić information content (AvgIpc) is 2.92. The largest absolute Gasteiger partial charge is 0.459 e. The van der Waals surface area contributed by atoms with Crippen LogP contribution in [-0.2, 0) is 20.6 Å². The Balaban J connectivity index is 1.26. The van der Waals surface area contributed by atoms with Crippen molar-refractivity contribution in [1.82, 2.24) is 4.90 Å². The molecule has 1 aliphatic carbocycles. The summed E-state index contributed by atoms with van der Waals surface area (Å²) in [6.45, 7) is 13.5. The fourth-order valence-corrected chi connectivity index (χ4v) is 5.99. The molecule has 1 amide bonds. The maximum atomic E-state index is 15.5. The lowest BCUT2D eigenvalue weighted by molar-refractivity contribution is -0.137. The zero-order chi connectivity index (χ0) is 28.2. The first-order chi connectivity index (χ1) is 18.5. The Morgan fingerprint density at radius 3 is 2.18 bits per heavy atom. The molecule has 0 radical (unpaired) electrons. The van der Waals surface area contributed by atoms with Gasteiger partial charge in [-0.1, -0.05) is 51.1 Å². The number of anilines is 1. The maximum Gasteiger partial charge on any atom is 0.338 e. The van der Waals surface area contributed by atoms with Crippen molar-refractivity contribution in [2.75, 3.05) is 31.1 Å². The Morgan fingerprint density at radius 1 is 0.923 bits per heavy atom. The highest BCUT2D eigenvalue weighted by Crippen LogP contribution is 2.37. The highest BCUT2D eigenvalue weighted by atomic mass is 28.4. The van der Waals surface area contributed by atoms with Crippen LogP contribution in [0.25, 0.3) is 0 Å². The molecule has 1 heterocycles. The third kappa shape index (κ3) is 7.08. The summed E-state index contributed by atoms with van der Waals surface area (Å²) in [4.78, 5) is 29.5. The first-order valence-electron chi connectivity index (χ1n) is 14.2. The van der Waals surface area contributed by atoms with Crippen LogP contribution in [0.15, 0.2) is 48.5 Å². The molecule has 0 bridgehead atoms. The van der Waals surface area contributed by atoms with E-state index in [9.17, 15) is 9.59 Å². The lowest BCUT2D eigenvalue weighted by Gasteiger charge is -2.39. The number of benzene rings is 2. The predicted molar refractivity (Wildman–Crippen MR) is 155 cm³/mol. The van der Waals surface area contributed by atoms with Crippen molar-refractivity contribution in [2.45, 2.75) is 77.3 Å². The van der Waals surface area contributed by atoms with Crippen molar-refractivity contribution >= 4 is 25.9 Å². The first-order valence-corrected chi connectivity index (χ1v) is 17.1. The fraction of sp³-hybridized carbons (Fsp3) is 0.548. The zero-order valence-electron chi connectivity index (χ0n) is 24.0. The maximum absolute atomic E-state index is 15.5.